The molecule has 0 aliphatic rings. The molecule has 0 aliphatic heterocycles. The van der Waals surface area contributed by atoms with Crippen molar-refractivity contribution in [3.05, 3.63) is 68.5 Å². The Morgan fingerprint density at radius 1 is 1.03 bits per heavy atom. The van der Waals surface area contributed by atoms with E-state index >= 15 is 0 Å². The van der Waals surface area contributed by atoms with Crippen LogP contribution >= 0.6 is 11.6 Å². The summed E-state index contributed by atoms with van der Waals surface area (Å²) in [6.07, 6.45) is 0.686. The van der Waals surface area contributed by atoms with E-state index in [1.807, 2.05) is 32.8 Å². The molecule has 0 bridgehead atoms. The molecule has 0 atom stereocenters. The molecule has 1 heterocycles. The van der Waals surface area contributed by atoms with Gasteiger partial charge in [-0.3, -0.25) is 14.4 Å². The number of hydrogen-bond acceptors (Lipinski definition) is 7. The van der Waals surface area contributed by atoms with Crippen LogP contribution in [0.3, 0.4) is 0 Å². The average molecular weight is 503 g/mol. The lowest BCUT2D eigenvalue weighted by molar-refractivity contribution is 0.0912. The Kier molecular flexibility index (Phi) is 10.3. The van der Waals surface area contributed by atoms with E-state index in [9.17, 15) is 14.4 Å². The molecule has 0 unspecified atom stereocenters. The van der Waals surface area contributed by atoms with E-state index in [-0.39, 0.29) is 27.9 Å². The second-order valence-electron chi connectivity index (χ2n) is 7.59. The predicted octanol–water partition coefficient (Wildman–Crippen LogP) is 4.40. The number of amides is 1. The van der Waals surface area contributed by atoms with Crippen molar-refractivity contribution in [3.8, 4) is 11.5 Å². The Hall–Kier alpha value is -3.36. The van der Waals surface area contributed by atoms with Crippen LogP contribution < -0.4 is 20.2 Å². The summed E-state index contributed by atoms with van der Waals surface area (Å²) < 4.78 is 16.2. The normalized spacial score (nSPS) is 10.5. The van der Waals surface area contributed by atoms with Gasteiger partial charge in [-0.1, -0.05) is 25.4 Å². The number of fused-ring (bicyclic) bond motifs is 1. The smallest absolute Gasteiger partial charge is 0.287 e. The highest BCUT2D eigenvalue weighted by Crippen LogP contribution is 2.29. The molecule has 1 aromatic heterocycles. The van der Waals surface area contributed by atoms with Crippen LogP contribution in [0.15, 0.2) is 45.6 Å². The van der Waals surface area contributed by atoms with Crippen LogP contribution in [0.25, 0.3) is 11.0 Å². The topological polar surface area (TPSA) is 98.1 Å². The largest absolute Gasteiger partial charge is 0.493 e. The van der Waals surface area contributed by atoms with Gasteiger partial charge in [-0.25, -0.2) is 0 Å². The number of ether oxygens (including phenoxy) is 2. The molecule has 0 aliphatic carbocycles. The lowest BCUT2D eigenvalue weighted by atomic mass is 9.99. The molecule has 9 heteroatoms. The van der Waals surface area contributed by atoms with E-state index in [1.165, 1.54) is 38.5 Å². The van der Waals surface area contributed by atoms with Crippen LogP contribution in [0.5, 0.6) is 11.5 Å². The monoisotopic (exact) mass is 502 g/mol. The maximum absolute atomic E-state index is 13.4. The second kappa shape index (κ2) is 12.9. The summed E-state index contributed by atoms with van der Waals surface area (Å²) >= 11 is 6.05. The summed E-state index contributed by atoms with van der Waals surface area (Å²) in [7, 11) is 6.76. The molecular formula is C26H31ClN2O6. The van der Waals surface area contributed by atoms with Gasteiger partial charge in [-0.15, -0.1) is 0 Å². The third kappa shape index (κ3) is 6.61. The fourth-order valence-electron chi connectivity index (χ4n) is 3.33. The molecule has 0 radical (unpaired) electrons. The van der Waals surface area contributed by atoms with E-state index in [4.69, 9.17) is 25.5 Å². The zero-order valence-electron chi connectivity index (χ0n) is 20.9. The highest BCUT2D eigenvalue weighted by atomic mass is 35.5. The van der Waals surface area contributed by atoms with Gasteiger partial charge in [0.2, 0.25) is 17.0 Å². The number of rotatable bonds is 9. The second-order valence-corrected chi connectivity index (χ2v) is 8.02. The van der Waals surface area contributed by atoms with Crippen molar-refractivity contribution in [1.29, 1.82) is 0 Å². The van der Waals surface area contributed by atoms with E-state index in [1.54, 1.807) is 12.1 Å². The molecule has 0 spiro atoms. The summed E-state index contributed by atoms with van der Waals surface area (Å²) in [4.78, 5) is 41.7. The Morgan fingerprint density at radius 3 is 2.34 bits per heavy atom. The van der Waals surface area contributed by atoms with Crippen molar-refractivity contribution in [2.75, 3.05) is 41.4 Å². The van der Waals surface area contributed by atoms with Crippen molar-refractivity contribution < 1.29 is 23.5 Å². The molecule has 3 rings (SSSR count). The summed E-state index contributed by atoms with van der Waals surface area (Å²) in [5.74, 6) is -0.937. The number of hydrogen-bond donors (Lipinski definition) is 1. The molecule has 35 heavy (non-hydrogen) atoms. The number of carbonyl (C=O) groups excluding carboxylic acids is 2. The van der Waals surface area contributed by atoms with Crippen LogP contribution in [0.1, 0.15) is 46.7 Å². The summed E-state index contributed by atoms with van der Waals surface area (Å²) in [6, 6.07) is 8.93. The fraction of sp³-hybridized carbons (Fsp3) is 0.346. The Morgan fingerprint density at radius 2 is 1.71 bits per heavy atom. The van der Waals surface area contributed by atoms with Crippen LogP contribution in [-0.4, -0.2) is 58.0 Å². The first kappa shape index (κ1) is 27.9. The molecule has 0 saturated carbocycles. The zero-order valence-corrected chi connectivity index (χ0v) is 21.6. The van der Waals surface area contributed by atoms with Crippen molar-refractivity contribution in [1.82, 2.24) is 10.2 Å². The standard InChI is InChI=1S/C24H25ClN2O6.C2H6/c1-27(2)11-5-10-26-24(30)23-20(22(29)16-13-15(25)7-9-17(16)33-23)21(28)14-6-8-18(31-3)19(12-14)32-4;1-2/h6-9,12-13H,5,10-11H2,1-4H3,(H,26,30);1-2H3. The average Bonchev–Trinajstić information content (AvgIpc) is 2.87. The van der Waals surface area contributed by atoms with Gasteiger partial charge in [0.25, 0.3) is 5.91 Å². The Labute approximate surface area is 209 Å². The number of methoxy groups -OCH3 is 2. The maximum atomic E-state index is 13.4. The molecule has 0 fully saturated rings. The highest BCUT2D eigenvalue weighted by Gasteiger charge is 2.27. The van der Waals surface area contributed by atoms with Crippen LogP contribution in [0.4, 0.5) is 0 Å². The predicted molar refractivity (Wildman–Crippen MR) is 137 cm³/mol. The molecule has 188 valence electrons. The first-order chi connectivity index (χ1) is 16.8. The highest BCUT2D eigenvalue weighted by molar-refractivity contribution is 6.31. The molecule has 3 aromatic rings. The van der Waals surface area contributed by atoms with Gasteiger partial charge in [0, 0.05) is 17.1 Å². The van der Waals surface area contributed by atoms with E-state index in [0.717, 1.165) is 6.54 Å². The number of halogens is 1. The van der Waals surface area contributed by atoms with Gasteiger partial charge in [0.15, 0.2) is 11.5 Å². The van der Waals surface area contributed by atoms with Crippen molar-refractivity contribution in [2.45, 2.75) is 20.3 Å². The van der Waals surface area contributed by atoms with Gasteiger partial charge < -0.3 is 24.1 Å². The van der Waals surface area contributed by atoms with Gasteiger partial charge in [0.05, 0.1) is 19.6 Å². The minimum atomic E-state index is -0.676. The number of carbonyl (C=O) groups is 2. The molecule has 2 aromatic carbocycles. The lowest BCUT2D eigenvalue weighted by Crippen LogP contribution is -2.31. The van der Waals surface area contributed by atoms with Crippen molar-refractivity contribution >= 4 is 34.3 Å². The minimum Gasteiger partial charge on any atom is -0.493 e. The van der Waals surface area contributed by atoms with Gasteiger partial charge in [-0.2, -0.15) is 0 Å². The molecule has 1 N–H and O–H groups in total. The molecule has 0 saturated heterocycles. The SMILES string of the molecule is CC.COc1ccc(C(=O)c2c(C(=O)NCCCN(C)C)oc3ccc(Cl)cc3c2=O)cc1OC. The minimum absolute atomic E-state index is 0.107. The molecule has 8 nitrogen and oxygen atoms in total. The van der Waals surface area contributed by atoms with Gasteiger partial charge >= 0.3 is 0 Å². The summed E-state index contributed by atoms with van der Waals surface area (Å²) in [5, 5.41) is 3.14. The molecule has 1 amide bonds. The van der Waals surface area contributed by atoms with Crippen LogP contribution in [-0.2, 0) is 0 Å². The van der Waals surface area contributed by atoms with Crippen LogP contribution in [0.2, 0.25) is 5.02 Å². The first-order valence-electron chi connectivity index (χ1n) is 11.2. The van der Waals surface area contributed by atoms with E-state index < -0.39 is 17.1 Å². The van der Waals surface area contributed by atoms with Crippen LogP contribution in [0, 0.1) is 0 Å². The van der Waals surface area contributed by atoms with Gasteiger partial charge in [0.1, 0.15) is 11.1 Å². The summed E-state index contributed by atoms with van der Waals surface area (Å²) in [6.45, 7) is 5.11. The lowest BCUT2D eigenvalue weighted by Gasteiger charge is -2.13. The Balaban J connectivity index is 0.00000210. The number of nitrogens with one attached hydrogen (secondary N) is 1. The van der Waals surface area contributed by atoms with Crippen molar-refractivity contribution in [3.63, 3.8) is 0 Å². The Bertz CT molecular complexity index is 1250. The number of ketones is 1. The fourth-order valence-corrected chi connectivity index (χ4v) is 3.50. The number of benzene rings is 2. The quantitative estimate of drug-likeness (QED) is 0.342. The van der Waals surface area contributed by atoms with Gasteiger partial charge in [-0.05, 0) is 63.5 Å². The molecular weight excluding hydrogens is 472 g/mol. The summed E-state index contributed by atoms with van der Waals surface area (Å²) in [5.41, 5.74) is -0.714. The van der Waals surface area contributed by atoms with E-state index in [0.29, 0.717) is 29.5 Å². The van der Waals surface area contributed by atoms with E-state index in [2.05, 4.69) is 5.32 Å². The zero-order chi connectivity index (χ0) is 26.1. The third-order valence-electron chi connectivity index (χ3n) is 5.00. The third-order valence-corrected chi connectivity index (χ3v) is 5.23. The first-order valence-corrected chi connectivity index (χ1v) is 11.6. The van der Waals surface area contributed by atoms with Crippen molar-refractivity contribution in [2.24, 2.45) is 0 Å². The number of nitrogens with zero attached hydrogens (tertiary/aromatic N) is 1. The maximum Gasteiger partial charge on any atom is 0.287 e.